The van der Waals surface area contributed by atoms with Crippen molar-refractivity contribution in [2.24, 2.45) is 0 Å². The Balaban J connectivity index is 1.84. The standard InChI is InChI=1S/C12H17N3O2S/c1-2-4-16-5-6-17-8-10-14-11(13)9-3-7-18-12(9)15-10/h3,7H,2,4-6,8H2,1H3,(H2,13,14,15). The van der Waals surface area contributed by atoms with Gasteiger partial charge in [-0.3, -0.25) is 0 Å². The van der Waals surface area contributed by atoms with Gasteiger partial charge in [0.25, 0.3) is 0 Å². The molecule has 0 bridgehead atoms. The van der Waals surface area contributed by atoms with Gasteiger partial charge < -0.3 is 15.2 Å². The van der Waals surface area contributed by atoms with E-state index >= 15 is 0 Å². The summed E-state index contributed by atoms with van der Waals surface area (Å²) in [4.78, 5) is 9.51. The lowest BCUT2D eigenvalue weighted by Crippen LogP contribution is -2.07. The zero-order valence-electron chi connectivity index (χ0n) is 10.4. The Morgan fingerprint density at radius 2 is 2.06 bits per heavy atom. The van der Waals surface area contributed by atoms with Crippen LogP contribution in [0, 0.1) is 0 Å². The number of thiophene rings is 1. The van der Waals surface area contributed by atoms with Crippen LogP contribution in [-0.2, 0) is 16.1 Å². The van der Waals surface area contributed by atoms with Crippen molar-refractivity contribution < 1.29 is 9.47 Å². The van der Waals surface area contributed by atoms with E-state index in [9.17, 15) is 0 Å². The van der Waals surface area contributed by atoms with Crippen LogP contribution in [0.5, 0.6) is 0 Å². The van der Waals surface area contributed by atoms with Crippen LogP contribution in [0.4, 0.5) is 5.82 Å². The largest absolute Gasteiger partial charge is 0.383 e. The highest BCUT2D eigenvalue weighted by atomic mass is 32.1. The zero-order chi connectivity index (χ0) is 12.8. The van der Waals surface area contributed by atoms with Crippen LogP contribution >= 0.6 is 11.3 Å². The van der Waals surface area contributed by atoms with Crippen molar-refractivity contribution in [3.63, 3.8) is 0 Å². The van der Waals surface area contributed by atoms with Crippen molar-refractivity contribution in [2.75, 3.05) is 25.6 Å². The van der Waals surface area contributed by atoms with Crippen LogP contribution in [0.15, 0.2) is 11.4 Å². The zero-order valence-corrected chi connectivity index (χ0v) is 11.2. The fourth-order valence-electron chi connectivity index (χ4n) is 1.52. The summed E-state index contributed by atoms with van der Waals surface area (Å²) >= 11 is 1.55. The summed E-state index contributed by atoms with van der Waals surface area (Å²) in [6.45, 7) is 4.37. The number of hydrogen-bond acceptors (Lipinski definition) is 6. The molecular formula is C12H17N3O2S. The van der Waals surface area contributed by atoms with Crippen LogP contribution in [-0.4, -0.2) is 29.8 Å². The first-order valence-electron chi connectivity index (χ1n) is 5.96. The van der Waals surface area contributed by atoms with Crippen molar-refractivity contribution in [2.45, 2.75) is 20.0 Å². The predicted molar refractivity (Wildman–Crippen MR) is 72.6 cm³/mol. The number of nitrogen functional groups attached to an aromatic ring is 1. The van der Waals surface area contributed by atoms with Crippen molar-refractivity contribution >= 4 is 27.4 Å². The summed E-state index contributed by atoms with van der Waals surface area (Å²) in [6.07, 6.45) is 1.02. The smallest absolute Gasteiger partial charge is 0.158 e. The maximum absolute atomic E-state index is 5.85. The van der Waals surface area contributed by atoms with E-state index in [0.29, 0.717) is 31.5 Å². The maximum Gasteiger partial charge on any atom is 0.158 e. The van der Waals surface area contributed by atoms with Crippen LogP contribution in [0.2, 0.25) is 0 Å². The van der Waals surface area contributed by atoms with Crippen molar-refractivity contribution in [3.05, 3.63) is 17.3 Å². The summed E-state index contributed by atoms with van der Waals surface area (Å²) < 4.78 is 10.8. The molecule has 5 nitrogen and oxygen atoms in total. The average Bonchev–Trinajstić information content (AvgIpc) is 2.82. The molecule has 2 aromatic heterocycles. The number of nitrogens with two attached hydrogens (primary N) is 1. The Morgan fingerprint density at radius 3 is 2.89 bits per heavy atom. The van der Waals surface area contributed by atoms with E-state index in [4.69, 9.17) is 15.2 Å². The molecule has 0 amide bonds. The first-order valence-corrected chi connectivity index (χ1v) is 6.84. The van der Waals surface area contributed by atoms with E-state index < -0.39 is 0 Å². The van der Waals surface area contributed by atoms with E-state index in [1.807, 2.05) is 11.4 Å². The number of anilines is 1. The number of ether oxygens (including phenoxy) is 2. The summed E-state index contributed by atoms with van der Waals surface area (Å²) in [5.74, 6) is 1.14. The molecule has 0 saturated heterocycles. The summed E-state index contributed by atoms with van der Waals surface area (Å²) in [7, 11) is 0. The highest BCUT2D eigenvalue weighted by molar-refractivity contribution is 7.16. The topological polar surface area (TPSA) is 70.3 Å². The fourth-order valence-corrected chi connectivity index (χ4v) is 2.31. The molecule has 2 heterocycles. The maximum atomic E-state index is 5.85. The van der Waals surface area contributed by atoms with E-state index in [2.05, 4.69) is 16.9 Å². The monoisotopic (exact) mass is 267 g/mol. The third-order valence-electron chi connectivity index (χ3n) is 2.35. The molecule has 6 heteroatoms. The fraction of sp³-hybridized carbons (Fsp3) is 0.500. The molecule has 0 aromatic carbocycles. The third-order valence-corrected chi connectivity index (χ3v) is 3.16. The van der Waals surface area contributed by atoms with Crippen molar-refractivity contribution in [1.29, 1.82) is 0 Å². The molecule has 18 heavy (non-hydrogen) atoms. The van der Waals surface area contributed by atoms with Crippen LogP contribution in [0.25, 0.3) is 10.2 Å². The van der Waals surface area contributed by atoms with Gasteiger partial charge in [-0.15, -0.1) is 11.3 Å². The van der Waals surface area contributed by atoms with Gasteiger partial charge in [-0.2, -0.15) is 0 Å². The lowest BCUT2D eigenvalue weighted by molar-refractivity contribution is 0.0387. The molecule has 2 rings (SSSR count). The van der Waals surface area contributed by atoms with Crippen molar-refractivity contribution in [1.82, 2.24) is 9.97 Å². The summed E-state index contributed by atoms with van der Waals surface area (Å²) in [6, 6.07) is 1.93. The van der Waals surface area contributed by atoms with Crippen LogP contribution in [0.1, 0.15) is 19.2 Å². The average molecular weight is 267 g/mol. The lowest BCUT2D eigenvalue weighted by Gasteiger charge is -2.05. The van der Waals surface area contributed by atoms with Crippen molar-refractivity contribution in [3.8, 4) is 0 Å². The second kappa shape index (κ2) is 6.63. The highest BCUT2D eigenvalue weighted by Crippen LogP contribution is 2.22. The Hall–Kier alpha value is -1.24. The van der Waals surface area contributed by atoms with Gasteiger partial charge in [-0.25, -0.2) is 9.97 Å². The first-order chi connectivity index (χ1) is 8.81. The van der Waals surface area contributed by atoms with Gasteiger partial charge in [0.05, 0.1) is 18.6 Å². The number of nitrogens with zero attached hydrogens (tertiary/aromatic N) is 2. The van der Waals surface area contributed by atoms with E-state index in [1.54, 1.807) is 11.3 Å². The number of hydrogen-bond donors (Lipinski definition) is 1. The molecule has 0 aliphatic rings. The molecule has 0 aliphatic carbocycles. The Morgan fingerprint density at radius 1 is 1.22 bits per heavy atom. The molecule has 0 unspecified atom stereocenters. The minimum Gasteiger partial charge on any atom is -0.383 e. The molecule has 0 spiro atoms. The van der Waals surface area contributed by atoms with Gasteiger partial charge in [0.2, 0.25) is 0 Å². The molecule has 0 atom stereocenters. The molecule has 0 fully saturated rings. The Bertz CT molecular complexity index is 501. The predicted octanol–water partition coefficient (Wildman–Crippen LogP) is 2.22. The van der Waals surface area contributed by atoms with Crippen LogP contribution < -0.4 is 5.73 Å². The highest BCUT2D eigenvalue weighted by Gasteiger charge is 2.06. The molecule has 2 N–H and O–H groups in total. The van der Waals surface area contributed by atoms with Gasteiger partial charge in [-0.1, -0.05) is 6.92 Å². The van der Waals surface area contributed by atoms with Crippen LogP contribution in [0.3, 0.4) is 0 Å². The van der Waals surface area contributed by atoms with Gasteiger partial charge in [0, 0.05) is 6.61 Å². The van der Waals surface area contributed by atoms with Gasteiger partial charge >= 0.3 is 0 Å². The second-order valence-corrected chi connectivity index (χ2v) is 4.72. The van der Waals surface area contributed by atoms with Gasteiger partial charge in [0.1, 0.15) is 17.3 Å². The summed E-state index contributed by atoms with van der Waals surface area (Å²) in [5.41, 5.74) is 5.85. The molecule has 0 saturated carbocycles. The van der Waals surface area contributed by atoms with Gasteiger partial charge in [0.15, 0.2) is 5.82 Å². The normalized spacial score (nSPS) is 11.2. The number of fused-ring (bicyclic) bond motifs is 1. The molecule has 98 valence electrons. The first kappa shape index (κ1) is 13.2. The third kappa shape index (κ3) is 3.38. The minimum absolute atomic E-state index is 0.369. The Labute approximate surface area is 110 Å². The number of rotatable bonds is 7. The molecular weight excluding hydrogens is 250 g/mol. The van der Waals surface area contributed by atoms with E-state index in [1.165, 1.54) is 0 Å². The number of aromatic nitrogens is 2. The van der Waals surface area contributed by atoms with E-state index in [0.717, 1.165) is 23.2 Å². The quantitative estimate of drug-likeness (QED) is 0.779. The van der Waals surface area contributed by atoms with E-state index in [-0.39, 0.29) is 0 Å². The molecule has 2 aromatic rings. The lowest BCUT2D eigenvalue weighted by atomic mass is 10.4. The Kier molecular flexibility index (Phi) is 4.86. The van der Waals surface area contributed by atoms with Gasteiger partial charge in [-0.05, 0) is 17.9 Å². The SMILES string of the molecule is CCCOCCOCc1nc(N)c2ccsc2n1. The molecule has 0 radical (unpaired) electrons. The molecule has 0 aliphatic heterocycles. The minimum atomic E-state index is 0.369. The summed E-state index contributed by atoms with van der Waals surface area (Å²) in [5, 5.41) is 2.87. The second-order valence-electron chi connectivity index (χ2n) is 3.83.